The number of halogens is 1. The zero-order chi connectivity index (χ0) is 25.9. The number of rotatable bonds is 7. The maximum absolute atomic E-state index is 13.0. The Kier molecular flexibility index (Phi) is 8.39. The highest BCUT2D eigenvalue weighted by Crippen LogP contribution is 2.26. The molecule has 0 spiro atoms. The maximum atomic E-state index is 13.0. The molecule has 192 valence electrons. The molecular weight excluding hydrogens is 498 g/mol. The fourth-order valence-electron chi connectivity index (χ4n) is 4.22. The Morgan fingerprint density at radius 3 is 2.51 bits per heavy atom. The van der Waals surface area contributed by atoms with Gasteiger partial charge in [0, 0.05) is 40.5 Å². The molecule has 0 bridgehead atoms. The van der Waals surface area contributed by atoms with Crippen LogP contribution in [0.3, 0.4) is 0 Å². The molecular formula is C22H30ClN5O6S. The Labute approximate surface area is 209 Å². The second kappa shape index (κ2) is 10.9. The third-order valence-corrected chi connectivity index (χ3v) is 8.06. The lowest BCUT2D eigenvalue weighted by Crippen LogP contribution is -2.54. The highest BCUT2D eigenvalue weighted by molar-refractivity contribution is 7.89. The molecule has 2 fully saturated rings. The summed E-state index contributed by atoms with van der Waals surface area (Å²) in [5.74, 6) is -1.12. The summed E-state index contributed by atoms with van der Waals surface area (Å²) in [7, 11) is -2.38. The predicted octanol–water partition coefficient (Wildman–Crippen LogP) is 0.647. The first kappa shape index (κ1) is 26.9. The first-order chi connectivity index (χ1) is 16.4. The SMILES string of the molecule is CC(=O)Nc1ccc(S(=O)(=O)N[C@H]2CCCN(CC(=O)N3CCC(N(C)C(C)=O)C3)C2=O)cc1Cl. The second-order valence-corrected chi connectivity index (χ2v) is 10.9. The van der Waals surface area contributed by atoms with E-state index in [9.17, 15) is 27.6 Å². The van der Waals surface area contributed by atoms with Crippen LogP contribution in [-0.4, -0.2) is 92.1 Å². The molecule has 1 aromatic carbocycles. The van der Waals surface area contributed by atoms with Crippen LogP contribution in [0.25, 0.3) is 0 Å². The molecule has 2 heterocycles. The lowest BCUT2D eigenvalue weighted by atomic mass is 10.1. The predicted molar refractivity (Wildman–Crippen MR) is 129 cm³/mol. The molecule has 2 atom stereocenters. The van der Waals surface area contributed by atoms with E-state index in [1.165, 1.54) is 36.9 Å². The van der Waals surface area contributed by atoms with Crippen molar-refractivity contribution in [2.45, 2.75) is 50.1 Å². The molecule has 0 saturated carbocycles. The van der Waals surface area contributed by atoms with Crippen molar-refractivity contribution in [3.8, 4) is 0 Å². The molecule has 3 rings (SSSR count). The fraction of sp³-hybridized carbons (Fsp3) is 0.545. The van der Waals surface area contributed by atoms with Crippen molar-refractivity contribution in [2.24, 2.45) is 0 Å². The van der Waals surface area contributed by atoms with Crippen molar-refractivity contribution in [2.75, 3.05) is 38.5 Å². The van der Waals surface area contributed by atoms with Crippen LogP contribution in [-0.2, 0) is 29.2 Å². The molecule has 0 radical (unpaired) electrons. The summed E-state index contributed by atoms with van der Waals surface area (Å²) >= 11 is 6.09. The van der Waals surface area contributed by atoms with E-state index in [-0.39, 0.29) is 45.9 Å². The number of likely N-dealkylation sites (tertiary alicyclic amines) is 2. The number of piperidine rings is 1. The van der Waals surface area contributed by atoms with E-state index in [2.05, 4.69) is 10.0 Å². The van der Waals surface area contributed by atoms with Gasteiger partial charge in [0.15, 0.2) is 0 Å². The fourth-order valence-corrected chi connectivity index (χ4v) is 5.76. The zero-order valence-electron chi connectivity index (χ0n) is 19.9. The Morgan fingerprint density at radius 2 is 1.89 bits per heavy atom. The normalized spacial score (nSPS) is 20.6. The van der Waals surface area contributed by atoms with Gasteiger partial charge in [-0.15, -0.1) is 0 Å². The zero-order valence-corrected chi connectivity index (χ0v) is 21.5. The number of nitrogens with zero attached hydrogens (tertiary/aromatic N) is 3. The van der Waals surface area contributed by atoms with Gasteiger partial charge in [-0.05, 0) is 37.5 Å². The quantitative estimate of drug-likeness (QED) is 0.534. The van der Waals surface area contributed by atoms with Gasteiger partial charge in [-0.25, -0.2) is 8.42 Å². The lowest BCUT2D eigenvalue weighted by molar-refractivity contribution is -0.142. The number of anilines is 1. The van der Waals surface area contributed by atoms with Gasteiger partial charge in [0.2, 0.25) is 33.7 Å². The van der Waals surface area contributed by atoms with Crippen LogP contribution in [0.1, 0.15) is 33.1 Å². The minimum Gasteiger partial charge on any atom is -0.341 e. The summed E-state index contributed by atoms with van der Waals surface area (Å²) < 4.78 is 28.2. The average Bonchev–Trinajstić information content (AvgIpc) is 3.27. The standard InChI is InChI=1S/C22H30ClN5O6S/c1-14(29)24-19-7-6-17(11-18(19)23)35(33,34)25-20-5-4-9-28(22(20)32)13-21(31)27-10-8-16(12-27)26(3)15(2)30/h6-7,11,16,20,25H,4-5,8-10,12-13H2,1-3H3,(H,24,29)/t16?,20-/m0/s1. The van der Waals surface area contributed by atoms with Crippen LogP contribution >= 0.6 is 11.6 Å². The van der Waals surface area contributed by atoms with Crippen molar-refractivity contribution in [1.82, 2.24) is 19.4 Å². The Balaban J connectivity index is 1.63. The molecule has 1 unspecified atom stereocenters. The topological polar surface area (TPSA) is 136 Å². The van der Waals surface area contributed by atoms with Crippen molar-refractivity contribution >= 4 is 50.9 Å². The molecule has 2 aliphatic heterocycles. The first-order valence-corrected chi connectivity index (χ1v) is 13.1. The van der Waals surface area contributed by atoms with E-state index in [1.54, 1.807) is 16.8 Å². The number of nitrogens with one attached hydrogen (secondary N) is 2. The minimum absolute atomic E-state index is 0.0459. The van der Waals surface area contributed by atoms with Crippen LogP contribution in [0, 0.1) is 0 Å². The molecule has 11 nitrogen and oxygen atoms in total. The van der Waals surface area contributed by atoms with Gasteiger partial charge in [-0.2, -0.15) is 4.72 Å². The molecule has 0 aliphatic carbocycles. The van der Waals surface area contributed by atoms with E-state index in [4.69, 9.17) is 11.6 Å². The molecule has 0 aromatic heterocycles. The van der Waals surface area contributed by atoms with E-state index < -0.39 is 22.0 Å². The van der Waals surface area contributed by atoms with Crippen LogP contribution in [0.4, 0.5) is 5.69 Å². The Hall–Kier alpha value is -2.70. The molecule has 2 N–H and O–H groups in total. The number of likely N-dealkylation sites (N-methyl/N-ethyl adjacent to an activating group) is 1. The van der Waals surface area contributed by atoms with Gasteiger partial charge in [0.25, 0.3) is 0 Å². The highest BCUT2D eigenvalue weighted by atomic mass is 35.5. The highest BCUT2D eigenvalue weighted by Gasteiger charge is 2.36. The number of amides is 4. The lowest BCUT2D eigenvalue weighted by Gasteiger charge is -2.33. The number of sulfonamides is 1. The van der Waals surface area contributed by atoms with Crippen LogP contribution in [0.5, 0.6) is 0 Å². The van der Waals surface area contributed by atoms with E-state index >= 15 is 0 Å². The van der Waals surface area contributed by atoms with E-state index in [0.717, 1.165) is 0 Å². The summed E-state index contributed by atoms with van der Waals surface area (Å²) in [6, 6.07) is 2.79. The molecule has 2 aliphatic rings. The van der Waals surface area contributed by atoms with Gasteiger partial charge in [-0.3, -0.25) is 19.2 Å². The van der Waals surface area contributed by atoms with Gasteiger partial charge < -0.3 is 20.0 Å². The smallest absolute Gasteiger partial charge is 0.242 e. The third-order valence-electron chi connectivity index (χ3n) is 6.28. The van der Waals surface area contributed by atoms with Crippen LogP contribution < -0.4 is 10.0 Å². The average molecular weight is 528 g/mol. The molecule has 4 amide bonds. The summed E-state index contributed by atoms with van der Waals surface area (Å²) in [5, 5.41) is 2.55. The minimum atomic E-state index is -4.08. The number of carbonyl (C=O) groups excluding carboxylic acids is 4. The summed E-state index contributed by atoms with van der Waals surface area (Å²) in [6.07, 6.45) is 1.50. The maximum Gasteiger partial charge on any atom is 0.242 e. The summed E-state index contributed by atoms with van der Waals surface area (Å²) in [6.45, 7) is 3.88. The van der Waals surface area contributed by atoms with Gasteiger partial charge in [0.1, 0.15) is 6.04 Å². The summed E-state index contributed by atoms with van der Waals surface area (Å²) in [4.78, 5) is 53.1. The largest absolute Gasteiger partial charge is 0.341 e. The Morgan fingerprint density at radius 1 is 1.17 bits per heavy atom. The summed E-state index contributed by atoms with van der Waals surface area (Å²) in [5.41, 5.74) is 0.273. The van der Waals surface area contributed by atoms with Crippen LogP contribution in [0.15, 0.2) is 23.1 Å². The van der Waals surface area contributed by atoms with Crippen LogP contribution in [0.2, 0.25) is 5.02 Å². The van der Waals surface area contributed by atoms with Crippen molar-refractivity contribution in [3.63, 3.8) is 0 Å². The second-order valence-electron chi connectivity index (χ2n) is 8.81. The molecule has 13 heteroatoms. The van der Waals surface area contributed by atoms with Crippen molar-refractivity contribution in [1.29, 1.82) is 0 Å². The van der Waals surface area contributed by atoms with Gasteiger partial charge in [-0.1, -0.05) is 11.6 Å². The Bertz CT molecular complexity index is 1130. The monoisotopic (exact) mass is 527 g/mol. The molecule has 1 aromatic rings. The number of hydrogen-bond donors (Lipinski definition) is 2. The number of benzene rings is 1. The van der Waals surface area contributed by atoms with Gasteiger partial charge >= 0.3 is 0 Å². The third kappa shape index (κ3) is 6.50. The van der Waals surface area contributed by atoms with Crippen molar-refractivity contribution < 1.29 is 27.6 Å². The number of carbonyl (C=O) groups is 4. The van der Waals surface area contributed by atoms with E-state index in [1.807, 2.05) is 0 Å². The molecule has 2 saturated heterocycles. The van der Waals surface area contributed by atoms with E-state index in [0.29, 0.717) is 38.9 Å². The number of hydrogen-bond acceptors (Lipinski definition) is 6. The van der Waals surface area contributed by atoms with Crippen molar-refractivity contribution in [3.05, 3.63) is 23.2 Å². The van der Waals surface area contributed by atoms with Gasteiger partial charge in [0.05, 0.1) is 28.2 Å². The molecule has 35 heavy (non-hydrogen) atoms. The first-order valence-electron chi connectivity index (χ1n) is 11.3.